The molecule has 8 heteroatoms. The third kappa shape index (κ3) is 4.71. The maximum Gasteiger partial charge on any atom is 0.407 e. The molecule has 24 heavy (non-hydrogen) atoms. The molecule has 1 heterocycles. The molecule has 2 N–H and O–H groups in total. The van der Waals surface area contributed by atoms with Crippen LogP contribution < -0.4 is 5.32 Å². The van der Waals surface area contributed by atoms with E-state index in [0.717, 1.165) is 0 Å². The number of hydrogen-bond acceptors (Lipinski definition) is 5. The van der Waals surface area contributed by atoms with Gasteiger partial charge in [-0.25, -0.2) is 4.79 Å². The number of aromatic amines is 1. The van der Waals surface area contributed by atoms with Crippen molar-refractivity contribution < 1.29 is 14.5 Å². The van der Waals surface area contributed by atoms with Crippen LogP contribution in [0.2, 0.25) is 0 Å². The minimum Gasteiger partial charge on any atom is -0.444 e. The molecule has 0 aliphatic carbocycles. The lowest BCUT2D eigenvalue weighted by Crippen LogP contribution is -2.32. The molecule has 2 rings (SSSR count). The molecule has 2 aromatic rings. The van der Waals surface area contributed by atoms with Crippen LogP contribution in [0.25, 0.3) is 10.9 Å². The number of nitro benzene ring substituents is 1. The van der Waals surface area contributed by atoms with Crippen LogP contribution in [-0.2, 0) is 4.74 Å². The molecule has 0 atom stereocenters. The molecular weight excluding hydrogens is 312 g/mol. The van der Waals surface area contributed by atoms with Crippen LogP contribution in [0.15, 0.2) is 18.3 Å². The highest BCUT2D eigenvalue weighted by Crippen LogP contribution is 2.25. The van der Waals surface area contributed by atoms with E-state index in [2.05, 4.69) is 27.4 Å². The predicted molar refractivity (Wildman–Crippen MR) is 88.5 cm³/mol. The highest BCUT2D eigenvalue weighted by molar-refractivity contribution is 5.88. The Labute approximate surface area is 138 Å². The lowest BCUT2D eigenvalue weighted by molar-refractivity contribution is -0.383. The van der Waals surface area contributed by atoms with Crippen molar-refractivity contribution in [3.8, 4) is 11.8 Å². The number of ether oxygens (including phenoxy) is 1. The number of carbonyl (C=O) groups excluding carboxylic acids is 1. The molecule has 0 fully saturated rings. The van der Waals surface area contributed by atoms with Crippen molar-refractivity contribution in [3.05, 3.63) is 34.0 Å². The molecule has 1 aromatic heterocycles. The third-order valence-corrected chi connectivity index (χ3v) is 2.88. The summed E-state index contributed by atoms with van der Waals surface area (Å²) in [6, 6.07) is 3.11. The number of fused-ring (bicyclic) bond motifs is 1. The van der Waals surface area contributed by atoms with Gasteiger partial charge in [-0.3, -0.25) is 15.2 Å². The molecule has 0 bridgehead atoms. The number of nitrogens with one attached hydrogen (secondary N) is 2. The van der Waals surface area contributed by atoms with Gasteiger partial charge in [0, 0.05) is 24.6 Å². The van der Waals surface area contributed by atoms with Crippen molar-refractivity contribution in [2.75, 3.05) is 6.54 Å². The normalized spacial score (nSPS) is 10.8. The molecule has 0 aliphatic heterocycles. The number of non-ortho nitro benzene ring substituents is 1. The number of hydrogen-bond donors (Lipinski definition) is 2. The molecule has 126 valence electrons. The van der Waals surface area contributed by atoms with Gasteiger partial charge in [0.1, 0.15) is 5.60 Å². The van der Waals surface area contributed by atoms with E-state index in [1.807, 2.05) is 0 Å². The van der Waals surface area contributed by atoms with Gasteiger partial charge in [0.05, 0.1) is 22.0 Å². The van der Waals surface area contributed by atoms with E-state index in [1.165, 1.54) is 12.3 Å². The van der Waals surface area contributed by atoms with Gasteiger partial charge >= 0.3 is 6.09 Å². The number of H-pyrrole nitrogens is 1. The first-order chi connectivity index (χ1) is 11.3. The Morgan fingerprint density at radius 1 is 1.46 bits per heavy atom. The molecule has 0 aliphatic rings. The first kappa shape index (κ1) is 17.3. The average molecular weight is 330 g/mol. The topological polar surface area (TPSA) is 110 Å². The van der Waals surface area contributed by atoms with Gasteiger partial charge in [0.2, 0.25) is 0 Å². The zero-order chi connectivity index (χ0) is 17.7. The second-order valence-corrected chi connectivity index (χ2v) is 6.06. The molecule has 0 spiro atoms. The highest BCUT2D eigenvalue weighted by Gasteiger charge is 2.15. The zero-order valence-electron chi connectivity index (χ0n) is 13.7. The number of carbonyl (C=O) groups is 1. The van der Waals surface area contributed by atoms with E-state index < -0.39 is 16.6 Å². The van der Waals surface area contributed by atoms with Gasteiger partial charge in [-0.05, 0) is 26.8 Å². The van der Waals surface area contributed by atoms with Crippen LogP contribution in [0.3, 0.4) is 0 Å². The Balaban J connectivity index is 1.98. The second-order valence-electron chi connectivity index (χ2n) is 6.06. The van der Waals surface area contributed by atoms with Crippen LogP contribution >= 0.6 is 0 Å². The minimum atomic E-state index is -0.547. The van der Waals surface area contributed by atoms with Crippen LogP contribution in [0, 0.1) is 22.0 Å². The maximum atomic E-state index is 11.5. The summed E-state index contributed by atoms with van der Waals surface area (Å²) in [5.41, 5.74) is 0.474. The Kier molecular flexibility index (Phi) is 5.04. The third-order valence-electron chi connectivity index (χ3n) is 2.88. The molecular formula is C16H18N4O4. The Morgan fingerprint density at radius 3 is 2.88 bits per heavy atom. The minimum absolute atomic E-state index is 0.0440. The summed E-state index contributed by atoms with van der Waals surface area (Å²) in [5.74, 6) is 5.72. The highest BCUT2D eigenvalue weighted by atomic mass is 16.6. The van der Waals surface area contributed by atoms with Gasteiger partial charge < -0.3 is 10.1 Å². The van der Waals surface area contributed by atoms with Gasteiger partial charge in [-0.15, -0.1) is 0 Å². The monoisotopic (exact) mass is 330 g/mol. The number of benzene rings is 1. The fourth-order valence-electron chi connectivity index (χ4n) is 1.96. The van der Waals surface area contributed by atoms with Crippen LogP contribution in [0.5, 0.6) is 0 Å². The summed E-state index contributed by atoms with van der Waals surface area (Å²) in [6.45, 7) is 5.68. The molecule has 0 unspecified atom stereocenters. The smallest absolute Gasteiger partial charge is 0.407 e. The van der Waals surface area contributed by atoms with Crippen LogP contribution in [0.4, 0.5) is 10.5 Å². The number of rotatable bonds is 3. The van der Waals surface area contributed by atoms with Crippen molar-refractivity contribution in [3.63, 3.8) is 0 Å². The van der Waals surface area contributed by atoms with Crippen LogP contribution in [0.1, 0.15) is 32.8 Å². The van der Waals surface area contributed by atoms with Gasteiger partial charge in [0.15, 0.2) is 0 Å². The van der Waals surface area contributed by atoms with Gasteiger partial charge in [-0.1, -0.05) is 11.8 Å². The van der Waals surface area contributed by atoms with E-state index in [-0.39, 0.29) is 5.69 Å². The van der Waals surface area contributed by atoms with Crippen molar-refractivity contribution in [2.45, 2.75) is 32.8 Å². The van der Waals surface area contributed by atoms with Crippen molar-refractivity contribution in [1.82, 2.24) is 15.5 Å². The SMILES string of the molecule is CC(C)(C)OC(=O)NCCC#Cc1cc([N+](=O)[O-])c2cn[nH]c2c1. The molecule has 0 saturated heterocycles. The number of amides is 1. The molecule has 1 amide bonds. The number of aromatic nitrogens is 2. The largest absolute Gasteiger partial charge is 0.444 e. The van der Waals surface area contributed by atoms with Gasteiger partial charge in [-0.2, -0.15) is 5.10 Å². The van der Waals surface area contributed by atoms with Crippen molar-refractivity contribution in [2.24, 2.45) is 0 Å². The zero-order valence-corrected chi connectivity index (χ0v) is 13.7. The van der Waals surface area contributed by atoms with E-state index >= 15 is 0 Å². The first-order valence-electron chi connectivity index (χ1n) is 7.33. The summed E-state index contributed by atoms with van der Waals surface area (Å²) in [7, 11) is 0. The van der Waals surface area contributed by atoms with Crippen molar-refractivity contribution in [1.29, 1.82) is 0 Å². The molecule has 0 radical (unpaired) electrons. The number of alkyl carbamates (subject to hydrolysis) is 1. The summed E-state index contributed by atoms with van der Waals surface area (Å²) in [5, 5.41) is 20.6. The van der Waals surface area contributed by atoms with Crippen LogP contribution in [-0.4, -0.2) is 33.4 Å². The van der Waals surface area contributed by atoms with Crippen molar-refractivity contribution >= 4 is 22.7 Å². The number of nitrogens with zero attached hydrogens (tertiary/aromatic N) is 2. The summed E-state index contributed by atoms with van der Waals surface area (Å²) in [4.78, 5) is 22.1. The maximum absolute atomic E-state index is 11.5. The standard InChI is InChI=1S/C16H18N4O4/c1-16(2,3)24-15(21)17-7-5-4-6-11-8-13-12(10-18-19-13)14(9-11)20(22)23/h8-10H,5,7H2,1-3H3,(H,17,21)(H,18,19). The molecule has 8 nitrogen and oxygen atoms in total. The Hall–Kier alpha value is -3.08. The molecule has 0 saturated carbocycles. The van der Waals surface area contributed by atoms with E-state index in [4.69, 9.17) is 4.74 Å². The Bertz CT molecular complexity index is 824. The summed E-state index contributed by atoms with van der Waals surface area (Å²) in [6.07, 6.45) is 1.31. The summed E-state index contributed by atoms with van der Waals surface area (Å²) >= 11 is 0. The van der Waals surface area contributed by atoms with E-state index in [9.17, 15) is 14.9 Å². The lowest BCUT2D eigenvalue weighted by Gasteiger charge is -2.19. The Morgan fingerprint density at radius 2 is 2.21 bits per heavy atom. The fourth-order valence-corrected chi connectivity index (χ4v) is 1.96. The fraction of sp³-hybridized carbons (Fsp3) is 0.375. The molecule has 1 aromatic carbocycles. The van der Waals surface area contributed by atoms with E-state index in [1.54, 1.807) is 26.8 Å². The average Bonchev–Trinajstić information content (AvgIpc) is 2.92. The summed E-state index contributed by atoms with van der Waals surface area (Å²) < 4.78 is 5.10. The van der Waals surface area contributed by atoms with Gasteiger partial charge in [0.25, 0.3) is 5.69 Å². The number of nitro groups is 1. The van der Waals surface area contributed by atoms with E-state index in [0.29, 0.717) is 29.4 Å². The first-order valence-corrected chi connectivity index (χ1v) is 7.33. The quantitative estimate of drug-likeness (QED) is 0.389. The predicted octanol–water partition coefficient (Wildman–Crippen LogP) is 2.74. The lowest BCUT2D eigenvalue weighted by atomic mass is 10.1. The second kappa shape index (κ2) is 7.00.